The van der Waals surface area contributed by atoms with Crippen LogP contribution in [-0.4, -0.2) is 43.6 Å². The number of rotatable bonds is 5. The molecule has 0 saturated heterocycles. The number of aryl methyl sites for hydroxylation is 1. The minimum atomic E-state index is -3.25. The molecule has 3 rings (SSSR count). The molecule has 1 aromatic carbocycles. The number of carbonyl (C=O) groups excluding carboxylic acids is 1. The van der Waals surface area contributed by atoms with E-state index in [-0.39, 0.29) is 5.75 Å². The Morgan fingerprint density at radius 3 is 2.81 bits per heavy atom. The van der Waals surface area contributed by atoms with Crippen LogP contribution in [0.3, 0.4) is 0 Å². The zero-order valence-electron chi connectivity index (χ0n) is 14.2. The predicted octanol–water partition coefficient (Wildman–Crippen LogP) is 1.74. The van der Waals surface area contributed by atoms with E-state index in [0.29, 0.717) is 35.2 Å². The van der Waals surface area contributed by atoms with Gasteiger partial charge in [0, 0.05) is 17.4 Å². The van der Waals surface area contributed by atoms with Crippen LogP contribution in [0.15, 0.2) is 34.1 Å². The smallest absolute Gasteiger partial charge is 0.319 e. The van der Waals surface area contributed by atoms with E-state index in [9.17, 15) is 13.2 Å². The van der Waals surface area contributed by atoms with Crippen molar-refractivity contribution in [3.8, 4) is 17.2 Å². The second-order valence-corrected chi connectivity index (χ2v) is 7.56. The number of anilines is 1. The van der Waals surface area contributed by atoms with Crippen LogP contribution < -0.4 is 15.4 Å². The number of ether oxygens (including phenoxy) is 1. The number of benzene rings is 1. The highest BCUT2D eigenvalue weighted by atomic mass is 32.2. The molecule has 1 atom stereocenters. The van der Waals surface area contributed by atoms with Crippen molar-refractivity contribution in [1.29, 1.82) is 0 Å². The molecule has 0 fully saturated rings. The van der Waals surface area contributed by atoms with E-state index in [1.807, 2.05) is 6.92 Å². The number of hydrogen-bond acceptors (Lipinski definition) is 7. The van der Waals surface area contributed by atoms with Crippen LogP contribution in [0, 0.1) is 0 Å². The van der Waals surface area contributed by atoms with E-state index in [2.05, 4.69) is 20.8 Å². The van der Waals surface area contributed by atoms with Crippen LogP contribution in [0.5, 0.6) is 5.75 Å². The molecule has 2 N–H and O–H groups in total. The van der Waals surface area contributed by atoms with Gasteiger partial charge >= 0.3 is 6.03 Å². The first-order valence-electron chi connectivity index (χ1n) is 7.89. The molecule has 9 nitrogen and oxygen atoms in total. The minimum absolute atomic E-state index is 0.153. The SMILES string of the molecule is CCc1nnc(-c2ccc(OC)c(NC(=O)NC3C=CS(=O)(=O)C3)c2)o1. The number of methoxy groups -OCH3 is 1. The summed E-state index contributed by atoms with van der Waals surface area (Å²) in [6.07, 6.45) is 2.06. The van der Waals surface area contributed by atoms with E-state index in [0.717, 1.165) is 5.41 Å². The lowest BCUT2D eigenvalue weighted by atomic mass is 10.2. The number of nitrogens with zero attached hydrogens (tertiary/aromatic N) is 2. The van der Waals surface area contributed by atoms with Crippen LogP contribution in [0.2, 0.25) is 0 Å². The van der Waals surface area contributed by atoms with Gasteiger partial charge in [-0.2, -0.15) is 0 Å². The van der Waals surface area contributed by atoms with Gasteiger partial charge in [-0.1, -0.05) is 6.92 Å². The van der Waals surface area contributed by atoms with Gasteiger partial charge < -0.3 is 19.8 Å². The van der Waals surface area contributed by atoms with Crippen LogP contribution >= 0.6 is 0 Å². The summed E-state index contributed by atoms with van der Waals surface area (Å²) in [5.41, 5.74) is 1.01. The van der Waals surface area contributed by atoms with Gasteiger partial charge in [0.15, 0.2) is 9.84 Å². The van der Waals surface area contributed by atoms with Gasteiger partial charge in [-0.05, 0) is 24.3 Å². The molecule has 26 heavy (non-hydrogen) atoms. The topological polar surface area (TPSA) is 123 Å². The summed E-state index contributed by atoms with van der Waals surface area (Å²) in [5, 5.41) is 14.2. The monoisotopic (exact) mass is 378 g/mol. The van der Waals surface area contributed by atoms with E-state index < -0.39 is 21.9 Å². The van der Waals surface area contributed by atoms with Crippen LogP contribution in [0.25, 0.3) is 11.5 Å². The zero-order chi connectivity index (χ0) is 18.7. The highest BCUT2D eigenvalue weighted by molar-refractivity contribution is 7.94. The maximum absolute atomic E-state index is 12.2. The zero-order valence-corrected chi connectivity index (χ0v) is 15.0. The standard InChI is InChI=1S/C16H18N4O5S/c1-3-14-19-20-15(25-14)10-4-5-13(24-2)12(8-10)18-16(21)17-11-6-7-26(22,23)9-11/h4-8,11H,3,9H2,1-2H3,(H2,17,18,21). The Balaban J connectivity index is 1.76. The summed E-state index contributed by atoms with van der Waals surface area (Å²) < 4.78 is 33.6. The second kappa shape index (κ2) is 7.16. The molecule has 0 spiro atoms. The highest BCUT2D eigenvalue weighted by Crippen LogP contribution is 2.30. The molecule has 2 aromatic rings. The van der Waals surface area contributed by atoms with Gasteiger partial charge in [0.25, 0.3) is 0 Å². The molecule has 1 aliphatic rings. The number of amides is 2. The normalized spacial score (nSPS) is 17.8. The van der Waals surface area contributed by atoms with Crippen LogP contribution in [-0.2, 0) is 16.3 Å². The molecule has 1 aromatic heterocycles. The van der Waals surface area contributed by atoms with Gasteiger partial charge in [0.2, 0.25) is 11.8 Å². The van der Waals surface area contributed by atoms with Gasteiger partial charge in [-0.15, -0.1) is 10.2 Å². The lowest BCUT2D eigenvalue weighted by Crippen LogP contribution is -2.38. The van der Waals surface area contributed by atoms with Crippen molar-refractivity contribution in [2.75, 3.05) is 18.2 Å². The molecule has 2 heterocycles. The Kier molecular flexibility index (Phi) is 4.94. The number of carbonyl (C=O) groups is 1. The molecule has 0 aliphatic carbocycles. The Labute approximate surface area is 150 Å². The molecule has 1 aliphatic heterocycles. The van der Waals surface area contributed by atoms with Crippen molar-refractivity contribution < 1.29 is 22.4 Å². The third-order valence-corrected chi connectivity index (χ3v) is 5.11. The van der Waals surface area contributed by atoms with Crippen LogP contribution in [0.4, 0.5) is 10.5 Å². The first-order chi connectivity index (χ1) is 12.4. The maximum Gasteiger partial charge on any atom is 0.319 e. The summed E-state index contributed by atoms with van der Waals surface area (Å²) >= 11 is 0. The highest BCUT2D eigenvalue weighted by Gasteiger charge is 2.23. The first kappa shape index (κ1) is 17.9. The summed E-state index contributed by atoms with van der Waals surface area (Å²) in [6.45, 7) is 1.90. The predicted molar refractivity (Wildman–Crippen MR) is 94.5 cm³/mol. The molecule has 10 heteroatoms. The fraction of sp³-hybridized carbons (Fsp3) is 0.312. The molecule has 0 saturated carbocycles. The fourth-order valence-corrected chi connectivity index (χ4v) is 3.68. The largest absolute Gasteiger partial charge is 0.495 e. The lowest BCUT2D eigenvalue weighted by molar-refractivity contribution is 0.251. The number of sulfone groups is 1. The Bertz CT molecular complexity index is 951. The molecule has 1 unspecified atom stereocenters. The molecule has 2 amide bonds. The number of urea groups is 1. The van der Waals surface area contributed by atoms with Gasteiger partial charge in [-0.3, -0.25) is 0 Å². The van der Waals surface area contributed by atoms with E-state index in [1.165, 1.54) is 13.2 Å². The van der Waals surface area contributed by atoms with Crippen LogP contribution in [0.1, 0.15) is 12.8 Å². The first-order valence-corrected chi connectivity index (χ1v) is 9.61. The third-order valence-electron chi connectivity index (χ3n) is 3.71. The van der Waals surface area contributed by atoms with Gasteiger partial charge in [-0.25, -0.2) is 13.2 Å². The maximum atomic E-state index is 12.2. The Morgan fingerprint density at radius 1 is 1.38 bits per heavy atom. The lowest BCUT2D eigenvalue weighted by Gasteiger charge is -2.14. The number of aromatic nitrogens is 2. The summed E-state index contributed by atoms with van der Waals surface area (Å²) in [5.74, 6) is 1.13. The number of nitrogens with one attached hydrogen (secondary N) is 2. The molecular weight excluding hydrogens is 360 g/mol. The summed E-state index contributed by atoms with van der Waals surface area (Å²) in [7, 11) is -1.77. The molecule has 138 valence electrons. The summed E-state index contributed by atoms with van der Waals surface area (Å²) in [4.78, 5) is 12.2. The van der Waals surface area contributed by atoms with Crippen molar-refractivity contribution >= 4 is 21.6 Å². The van der Waals surface area contributed by atoms with Crippen molar-refractivity contribution in [3.63, 3.8) is 0 Å². The second-order valence-electron chi connectivity index (χ2n) is 5.63. The Morgan fingerprint density at radius 2 is 2.19 bits per heavy atom. The van der Waals surface area contributed by atoms with Gasteiger partial charge in [0.1, 0.15) is 5.75 Å². The van der Waals surface area contributed by atoms with Crippen molar-refractivity contribution in [3.05, 3.63) is 35.6 Å². The van der Waals surface area contributed by atoms with Crippen molar-refractivity contribution in [2.24, 2.45) is 0 Å². The van der Waals surface area contributed by atoms with Crippen molar-refractivity contribution in [1.82, 2.24) is 15.5 Å². The minimum Gasteiger partial charge on any atom is -0.495 e. The molecule has 0 radical (unpaired) electrons. The quantitative estimate of drug-likeness (QED) is 0.812. The fourth-order valence-electron chi connectivity index (χ4n) is 2.44. The average Bonchev–Trinajstić information content (AvgIpc) is 3.21. The van der Waals surface area contributed by atoms with Gasteiger partial charge in [0.05, 0.1) is 24.6 Å². The van der Waals surface area contributed by atoms with E-state index in [4.69, 9.17) is 9.15 Å². The Hall–Kier alpha value is -2.88. The number of hydrogen-bond donors (Lipinski definition) is 2. The van der Waals surface area contributed by atoms with E-state index >= 15 is 0 Å². The molecular formula is C16H18N4O5S. The van der Waals surface area contributed by atoms with E-state index in [1.54, 1.807) is 18.2 Å². The average molecular weight is 378 g/mol. The summed E-state index contributed by atoms with van der Waals surface area (Å²) in [6, 6.07) is 3.93. The van der Waals surface area contributed by atoms with Crippen molar-refractivity contribution in [2.45, 2.75) is 19.4 Å². The third kappa shape index (κ3) is 4.02. The molecule has 0 bridgehead atoms.